The van der Waals surface area contributed by atoms with Gasteiger partial charge in [0.05, 0.1) is 12.0 Å². The lowest BCUT2D eigenvalue weighted by molar-refractivity contribution is -0.122. The lowest BCUT2D eigenvalue weighted by Crippen LogP contribution is -2.52. The highest BCUT2D eigenvalue weighted by molar-refractivity contribution is 5.85. The summed E-state index contributed by atoms with van der Waals surface area (Å²) in [5, 5.41) is 3.05. The van der Waals surface area contributed by atoms with Crippen LogP contribution in [-0.4, -0.2) is 18.0 Å². The van der Waals surface area contributed by atoms with Crippen LogP contribution in [0.15, 0.2) is 24.3 Å². The largest absolute Gasteiger partial charge is 0.349 e. The quantitative estimate of drug-likeness (QED) is 0.891. The second kappa shape index (κ2) is 6.87. The molecule has 19 heavy (non-hydrogen) atoms. The highest BCUT2D eigenvalue weighted by Gasteiger charge is 2.33. The SMILES string of the molecule is Cl.NCC1(NC(=O)Cc2ccc(F)cc2)CCCC1. The Bertz CT molecular complexity index is 416. The van der Waals surface area contributed by atoms with Gasteiger partial charge in [-0.2, -0.15) is 0 Å². The molecule has 1 aliphatic carbocycles. The predicted molar refractivity (Wildman–Crippen MR) is 75.7 cm³/mol. The molecule has 106 valence electrons. The highest BCUT2D eigenvalue weighted by Crippen LogP contribution is 2.28. The maximum absolute atomic E-state index is 12.8. The molecule has 3 N–H and O–H groups in total. The molecule has 1 aromatic carbocycles. The second-order valence-electron chi connectivity index (χ2n) is 5.04. The molecule has 0 bridgehead atoms. The Kier molecular flexibility index (Phi) is 5.76. The summed E-state index contributed by atoms with van der Waals surface area (Å²) >= 11 is 0. The first-order valence-electron chi connectivity index (χ1n) is 6.39. The minimum atomic E-state index is -0.284. The molecule has 1 aromatic rings. The molecule has 3 nitrogen and oxygen atoms in total. The van der Waals surface area contributed by atoms with Crippen molar-refractivity contribution in [3.8, 4) is 0 Å². The van der Waals surface area contributed by atoms with Crippen LogP contribution in [0.1, 0.15) is 31.2 Å². The van der Waals surface area contributed by atoms with Crippen LogP contribution < -0.4 is 11.1 Å². The molecule has 1 amide bonds. The average molecular weight is 287 g/mol. The van der Waals surface area contributed by atoms with Gasteiger partial charge < -0.3 is 11.1 Å². The fourth-order valence-electron chi connectivity index (χ4n) is 2.56. The summed E-state index contributed by atoms with van der Waals surface area (Å²) in [5.74, 6) is -0.317. The Morgan fingerprint density at radius 1 is 1.26 bits per heavy atom. The maximum Gasteiger partial charge on any atom is 0.224 e. The fourth-order valence-corrected chi connectivity index (χ4v) is 2.56. The van der Waals surface area contributed by atoms with E-state index in [1.165, 1.54) is 12.1 Å². The van der Waals surface area contributed by atoms with Crippen molar-refractivity contribution in [3.63, 3.8) is 0 Å². The van der Waals surface area contributed by atoms with Crippen LogP contribution in [0.25, 0.3) is 0 Å². The molecule has 0 aromatic heterocycles. The van der Waals surface area contributed by atoms with Crippen molar-refractivity contribution in [2.45, 2.75) is 37.6 Å². The number of hydrogen-bond acceptors (Lipinski definition) is 2. The molecule has 0 radical (unpaired) electrons. The Morgan fingerprint density at radius 2 is 1.84 bits per heavy atom. The minimum Gasteiger partial charge on any atom is -0.349 e. The molecule has 1 aliphatic rings. The molecule has 0 aliphatic heterocycles. The molecule has 1 saturated carbocycles. The summed E-state index contributed by atoms with van der Waals surface area (Å²) in [6, 6.07) is 6.02. The molecule has 0 saturated heterocycles. The van der Waals surface area contributed by atoms with Crippen LogP contribution in [0.4, 0.5) is 4.39 Å². The number of amides is 1. The highest BCUT2D eigenvalue weighted by atomic mass is 35.5. The number of carbonyl (C=O) groups is 1. The lowest BCUT2D eigenvalue weighted by atomic mass is 9.97. The van der Waals surface area contributed by atoms with Crippen LogP contribution in [0.2, 0.25) is 0 Å². The topological polar surface area (TPSA) is 55.1 Å². The molecule has 0 atom stereocenters. The number of nitrogens with two attached hydrogens (primary N) is 1. The zero-order valence-electron chi connectivity index (χ0n) is 10.8. The van der Waals surface area contributed by atoms with Gasteiger partial charge in [0.15, 0.2) is 0 Å². The van der Waals surface area contributed by atoms with Crippen molar-refractivity contribution >= 4 is 18.3 Å². The Hall–Kier alpha value is -1.13. The molecule has 0 heterocycles. The third kappa shape index (κ3) is 4.18. The predicted octanol–water partition coefficient (Wildman–Crippen LogP) is 2.18. The monoisotopic (exact) mass is 286 g/mol. The van der Waals surface area contributed by atoms with Gasteiger partial charge in [0.1, 0.15) is 5.82 Å². The normalized spacial score (nSPS) is 16.7. The van der Waals surface area contributed by atoms with E-state index in [1.807, 2.05) is 0 Å². The lowest BCUT2D eigenvalue weighted by Gasteiger charge is -2.28. The standard InChI is InChI=1S/C14H19FN2O.ClH/c15-12-5-3-11(4-6-12)9-13(18)17-14(10-16)7-1-2-8-14;/h3-6H,1-2,7-10,16H2,(H,17,18);1H. The van der Waals surface area contributed by atoms with E-state index in [1.54, 1.807) is 12.1 Å². The smallest absolute Gasteiger partial charge is 0.224 e. The Morgan fingerprint density at radius 3 is 2.37 bits per heavy atom. The summed E-state index contributed by atoms with van der Waals surface area (Å²) in [6.45, 7) is 0.488. The summed E-state index contributed by atoms with van der Waals surface area (Å²) in [5.41, 5.74) is 6.37. The number of hydrogen-bond donors (Lipinski definition) is 2. The van der Waals surface area contributed by atoms with Gasteiger partial charge in [-0.1, -0.05) is 25.0 Å². The summed E-state index contributed by atoms with van der Waals surface area (Å²) < 4.78 is 12.8. The summed E-state index contributed by atoms with van der Waals surface area (Å²) in [4.78, 5) is 12.0. The first kappa shape index (κ1) is 15.9. The van der Waals surface area contributed by atoms with E-state index in [-0.39, 0.29) is 36.1 Å². The summed E-state index contributed by atoms with van der Waals surface area (Å²) in [6.07, 6.45) is 4.43. The molecule has 0 unspecified atom stereocenters. The van der Waals surface area contributed by atoms with E-state index >= 15 is 0 Å². The van der Waals surface area contributed by atoms with Crippen molar-refractivity contribution < 1.29 is 9.18 Å². The molecule has 0 spiro atoms. The van der Waals surface area contributed by atoms with Gasteiger partial charge >= 0.3 is 0 Å². The molecular formula is C14H20ClFN2O. The first-order chi connectivity index (χ1) is 8.63. The van der Waals surface area contributed by atoms with E-state index < -0.39 is 0 Å². The molecule has 2 rings (SSSR count). The third-order valence-corrected chi connectivity index (χ3v) is 3.63. The number of nitrogens with one attached hydrogen (secondary N) is 1. The van der Waals surface area contributed by atoms with Gasteiger partial charge in [0.2, 0.25) is 5.91 Å². The number of carbonyl (C=O) groups excluding carboxylic acids is 1. The summed E-state index contributed by atoms with van der Waals surface area (Å²) in [7, 11) is 0. The van der Waals surface area contributed by atoms with E-state index in [0.29, 0.717) is 6.54 Å². The Labute approximate surface area is 119 Å². The van der Waals surface area contributed by atoms with Crippen LogP contribution >= 0.6 is 12.4 Å². The van der Waals surface area contributed by atoms with Crippen LogP contribution in [0.5, 0.6) is 0 Å². The van der Waals surface area contributed by atoms with E-state index in [0.717, 1.165) is 31.2 Å². The fraction of sp³-hybridized carbons (Fsp3) is 0.500. The van der Waals surface area contributed by atoms with Crippen LogP contribution in [-0.2, 0) is 11.2 Å². The number of rotatable bonds is 4. The molecular weight excluding hydrogens is 267 g/mol. The number of halogens is 2. The van der Waals surface area contributed by atoms with Gasteiger partial charge in [-0.3, -0.25) is 4.79 Å². The van der Waals surface area contributed by atoms with Gasteiger partial charge in [-0.15, -0.1) is 12.4 Å². The van der Waals surface area contributed by atoms with Gasteiger partial charge in [0, 0.05) is 6.54 Å². The first-order valence-corrected chi connectivity index (χ1v) is 6.39. The number of benzene rings is 1. The zero-order valence-corrected chi connectivity index (χ0v) is 11.6. The van der Waals surface area contributed by atoms with Gasteiger partial charge in [0.25, 0.3) is 0 Å². The zero-order chi connectivity index (χ0) is 13.0. The third-order valence-electron chi connectivity index (χ3n) is 3.63. The van der Waals surface area contributed by atoms with E-state index in [4.69, 9.17) is 5.73 Å². The van der Waals surface area contributed by atoms with E-state index in [9.17, 15) is 9.18 Å². The Balaban J connectivity index is 0.00000180. The van der Waals surface area contributed by atoms with Gasteiger partial charge in [-0.05, 0) is 30.5 Å². The van der Waals surface area contributed by atoms with Crippen LogP contribution in [0, 0.1) is 5.82 Å². The second-order valence-corrected chi connectivity index (χ2v) is 5.04. The van der Waals surface area contributed by atoms with Crippen LogP contribution in [0.3, 0.4) is 0 Å². The van der Waals surface area contributed by atoms with Crippen molar-refractivity contribution in [1.82, 2.24) is 5.32 Å². The van der Waals surface area contributed by atoms with Crippen molar-refractivity contribution in [2.24, 2.45) is 5.73 Å². The molecule has 5 heteroatoms. The molecule has 1 fully saturated rings. The van der Waals surface area contributed by atoms with Crippen molar-refractivity contribution in [3.05, 3.63) is 35.6 Å². The van der Waals surface area contributed by atoms with Gasteiger partial charge in [-0.25, -0.2) is 4.39 Å². The maximum atomic E-state index is 12.8. The van der Waals surface area contributed by atoms with E-state index in [2.05, 4.69) is 5.32 Å². The minimum absolute atomic E-state index is 0. The van der Waals surface area contributed by atoms with Crippen molar-refractivity contribution in [2.75, 3.05) is 6.54 Å². The van der Waals surface area contributed by atoms with Crippen molar-refractivity contribution in [1.29, 1.82) is 0 Å². The average Bonchev–Trinajstić information content (AvgIpc) is 2.81.